The Balaban J connectivity index is 0.964. The Morgan fingerprint density at radius 3 is 1.58 bits per heavy atom. The Morgan fingerprint density at radius 2 is 0.816 bits per heavy atom. The second-order valence-electron chi connectivity index (χ2n) is 19.7. The van der Waals surface area contributed by atoms with Gasteiger partial charge in [-0.05, 0) is 104 Å². The first-order valence-corrected chi connectivity index (χ1v) is 26.5. The van der Waals surface area contributed by atoms with Gasteiger partial charge in [0.1, 0.15) is 22.3 Å². The molecule has 76 heavy (non-hydrogen) atoms. The molecule has 0 saturated heterocycles. The van der Waals surface area contributed by atoms with Gasteiger partial charge in [-0.25, -0.2) is 15.0 Å². The molecule has 4 aromatic heterocycles. The lowest BCUT2D eigenvalue weighted by Crippen LogP contribution is -2.28. The molecule has 0 unspecified atom stereocenters. The van der Waals surface area contributed by atoms with E-state index in [-0.39, 0.29) is 0 Å². The number of nitrogens with zero attached hydrogens (tertiary/aromatic N) is 3. The van der Waals surface area contributed by atoms with Crippen molar-refractivity contribution in [2.24, 2.45) is 0 Å². The van der Waals surface area contributed by atoms with E-state index in [1.54, 1.807) is 11.3 Å². The number of furan rings is 2. The van der Waals surface area contributed by atoms with Crippen LogP contribution < -0.4 is 0 Å². The zero-order chi connectivity index (χ0) is 49.9. The van der Waals surface area contributed by atoms with Crippen LogP contribution in [0.3, 0.4) is 0 Å². The van der Waals surface area contributed by atoms with Crippen LogP contribution in [0.1, 0.15) is 22.3 Å². The van der Waals surface area contributed by atoms with E-state index in [9.17, 15) is 0 Å². The highest BCUT2D eigenvalue weighted by Gasteiger charge is 2.46. The molecule has 0 amide bonds. The van der Waals surface area contributed by atoms with E-state index in [1.165, 1.54) is 54.4 Å². The molecule has 0 bridgehead atoms. The molecule has 0 N–H and O–H groups in total. The van der Waals surface area contributed by atoms with Crippen molar-refractivity contribution in [3.05, 3.63) is 271 Å². The van der Waals surface area contributed by atoms with E-state index in [4.69, 9.17) is 23.8 Å². The van der Waals surface area contributed by atoms with Gasteiger partial charge in [0.05, 0.1) is 5.41 Å². The highest BCUT2D eigenvalue weighted by atomic mass is 32.1. The minimum atomic E-state index is -0.524. The maximum Gasteiger partial charge on any atom is 0.165 e. The number of hydrogen-bond acceptors (Lipinski definition) is 6. The average Bonchev–Trinajstić information content (AvgIpc) is 4.27. The second kappa shape index (κ2) is 16.6. The van der Waals surface area contributed by atoms with Crippen molar-refractivity contribution < 1.29 is 8.83 Å². The predicted octanol–water partition coefficient (Wildman–Crippen LogP) is 18.7. The lowest BCUT2D eigenvalue weighted by atomic mass is 9.67. The summed E-state index contributed by atoms with van der Waals surface area (Å²) >= 11 is 1.77. The number of para-hydroxylation sites is 2. The van der Waals surface area contributed by atoms with Crippen molar-refractivity contribution in [3.63, 3.8) is 0 Å². The molecule has 4 heterocycles. The molecule has 0 spiro atoms. The highest BCUT2D eigenvalue weighted by molar-refractivity contribution is 7.26. The summed E-state index contributed by atoms with van der Waals surface area (Å²) in [5, 5.41) is 6.27. The van der Waals surface area contributed by atoms with Crippen molar-refractivity contribution in [1.29, 1.82) is 0 Å². The van der Waals surface area contributed by atoms with Gasteiger partial charge in [0, 0.05) is 58.4 Å². The van der Waals surface area contributed by atoms with E-state index >= 15 is 0 Å². The number of fused-ring (bicyclic) bond motifs is 12. The van der Waals surface area contributed by atoms with Gasteiger partial charge >= 0.3 is 0 Å². The Labute approximate surface area is 440 Å². The molecule has 0 aliphatic heterocycles. The van der Waals surface area contributed by atoms with Gasteiger partial charge in [0.25, 0.3) is 0 Å². The van der Waals surface area contributed by atoms with Crippen LogP contribution in [0.2, 0.25) is 0 Å². The molecular formula is C70H41N3O2S. The van der Waals surface area contributed by atoms with Crippen LogP contribution in [0.4, 0.5) is 0 Å². The molecular weight excluding hydrogens is 947 g/mol. The standard InChI is InChI=1S/C70H41N3O2S/c1-3-21-44(22-4-1)70(45-23-5-2-6-24-45)55-33-11-7-26-50(55)62-46(29-17-34-56(62)70)42-19-15-20-43(41-42)47-39-40-60-64(52-28-9-13-36-58(52)75-60)65(47)69-72-67(53-31-18-37-59-63(53)51-27-8-12-35-57(51)74-59)71-68(73-69)54-32-16-30-49-48-25-10-14-38-61(48)76-66(49)54/h1-41H. The monoisotopic (exact) mass is 987 g/mol. The maximum absolute atomic E-state index is 6.71. The molecule has 0 radical (unpaired) electrons. The van der Waals surface area contributed by atoms with Crippen LogP contribution in [0.25, 0.3) is 132 Å². The van der Waals surface area contributed by atoms with Crippen LogP contribution in [-0.4, -0.2) is 15.0 Å². The van der Waals surface area contributed by atoms with Crippen molar-refractivity contribution in [2.45, 2.75) is 5.41 Å². The smallest absolute Gasteiger partial charge is 0.165 e. The Morgan fingerprint density at radius 1 is 0.316 bits per heavy atom. The number of rotatable bonds is 7. The zero-order valence-corrected chi connectivity index (χ0v) is 41.6. The number of aromatic nitrogens is 3. The first-order valence-electron chi connectivity index (χ1n) is 25.7. The molecule has 1 aliphatic rings. The lowest BCUT2D eigenvalue weighted by molar-refractivity contribution is 0.668. The molecule has 0 atom stereocenters. The van der Waals surface area contributed by atoms with E-state index in [2.05, 4.69) is 212 Å². The summed E-state index contributed by atoms with van der Waals surface area (Å²) in [7, 11) is 0. The lowest BCUT2D eigenvalue weighted by Gasteiger charge is -2.34. The fourth-order valence-corrected chi connectivity index (χ4v) is 13.7. The van der Waals surface area contributed by atoms with Crippen molar-refractivity contribution in [2.75, 3.05) is 0 Å². The fourth-order valence-electron chi connectivity index (χ4n) is 12.5. The van der Waals surface area contributed by atoms with Crippen molar-refractivity contribution in [1.82, 2.24) is 15.0 Å². The van der Waals surface area contributed by atoms with Crippen LogP contribution in [0.5, 0.6) is 0 Å². The van der Waals surface area contributed by atoms with Crippen molar-refractivity contribution >= 4 is 75.4 Å². The van der Waals surface area contributed by atoms with E-state index < -0.39 is 5.41 Å². The number of thiophene rings is 1. The van der Waals surface area contributed by atoms with Crippen LogP contribution in [0, 0.1) is 0 Å². The summed E-state index contributed by atoms with van der Waals surface area (Å²) in [5.74, 6) is 1.69. The van der Waals surface area contributed by atoms with Crippen LogP contribution in [-0.2, 0) is 5.41 Å². The summed E-state index contributed by atoms with van der Waals surface area (Å²) in [6, 6.07) is 88.8. The Hall–Kier alpha value is -9.75. The van der Waals surface area contributed by atoms with Gasteiger partial charge in [0.2, 0.25) is 0 Å². The van der Waals surface area contributed by atoms with Crippen LogP contribution >= 0.6 is 11.3 Å². The average molecular weight is 988 g/mol. The minimum absolute atomic E-state index is 0.524. The van der Waals surface area contributed by atoms with Gasteiger partial charge in [-0.1, -0.05) is 200 Å². The molecule has 0 fully saturated rings. The zero-order valence-electron chi connectivity index (χ0n) is 40.7. The number of hydrogen-bond donors (Lipinski definition) is 0. The third-order valence-electron chi connectivity index (χ3n) is 15.7. The van der Waals surface area contributed by atoms with Gasteiger partial charge < -0.3 is 8.83 Å². The predicted molar refractivity (Wildman–Crippen MR) is 312 cm³/mol. The summed E-state index contributed by atoms with van der Waals surface area (Å²) in [6.07, 6.45) is 0. The third-order valence-corrected chi connectivity index (χ3v) is 16.9. The summed E-state index contributed by atoms with van der Waals surface area (Å²) in [4.78, 5) is 16.7. The first-order chi connectivity index (χ1) is 37.7. The highest BCUT2D eigenvalue weighted by Crippen LogP contribution is 2.58. The second-order valence-corrected chi connectivity index (χ2v) is 20.7. The molecule has 6 heteroatoms. The molecule has 16 rings (SSSR count). The molecule has 15 aromatic rings. The Bertz CT molecular complexity index is 4800. The van der Waals surface area contributed by atoms with Gasteiger partial charge in [-0.15, -0.1) is 11.3 Å². The topological polar surface area (TPSA) is 65.0 Å². The fraction of sp³-hybridized carbons (Fsp3) is 0.0143. The first kappa shape index (κ1) is 42.7. The SMILES string of the molecule is c1ccc(C2(c3ccccc3)c3ccccc3-c3c(-c4cccc(-c5ccc6oc7ccccc7c6c5-c5nc(-c6cccc7c6sc6ccccc67)nc(-c6cccc7oc8ccccc8c67)n5)c4)cccc32)cc1. The van der Waals surface area contributed by atoms with Gasteiger partial charge in [0.15, 0.2) is 17.5 Å². The molecule has 0 saturated carbocycles. The summed E-state index contributed by atoms with van der Waals surface area (Å²) in [5.41, 5.74) is 17.0. The Kier molecular flexibility index (Phi) is 9.35. The van der Waals surface area contributed by atoms with E-state index in [0.717, 1.165) is 82.0 Å². The minimum Gasteiger partial charge on any atom is -0.456 e. The third kappa shape index (κ3) is 6.22. The molecule has 5 nitrogen and oxygen atoms in total. The van der Waals surface area contributed by atoms with Gasteiger partial charge in [-0.3, -0.25) is 0 Å². The molecule has 11 aromatic carbocycles. The number of benzene rings is 11. The largest absolute Gasteiger partial charge is 0.456 e. The molecule has 1 aliphatic carbocycles. The quantitative estimate of drug-likeness (QED) is 0.159. The molecule has 354 valence electrons. The van der Waals surface area contributed by atoms with Crippen LogP contribution in [0.15, 0.2) is 258 Å². The summed E-state index contributed by atoms with van der Waals surface area (Å²) in [6.45, 7) is 0. The van der Waals surface area contributed by atoms with Gasteiger partial charge in [-0.2, -0.15) is 0 Å². The van der Waals surface area contributed by atoms with E-state index in [0.29, 0.717) is 17.5 Å². The van der Waals surface area contributed by atoms with Crippen molar-refractivity contribution in [3.8, 4) is 67.5 Å². The van der Waals surface area contributed by atoms with E-state index in [1.807, 2.05) is 36.4 Å². The normalized spacial score (nSPS) is 12.8. The maximum atomic E-state index is 6.71. The summed E-state index contributed by atoms with van der Waals surface area (Å²) < 4.78 is 15.5.